The maximum absolute atomic E-state index is 12.6. The molecule has 0 aliphatic carbocycles. The van der Waals surface area contributed by atoms with E-state index in [0.717, 1.165) is 6.07 Å². The minimum absolute atomic E-state index is 0.136. The van der Waals surface area contributed by atoms with Gasteiger partial charge in [0.25, 0.3) is 0 Å². The quantitative estimate of drug-likeness (QED) is 0.727. The van der Waals surface area contributed by atoms with Crippen LogP contribution in [-0.2, 0) is 6.18 Å². The van der Waals surface area contributed by atoms with Crippen molar-refractivity contribution in [3.8, 4) is 0 Å². The number of hydrogen-bond donors (Lipinski definition) is 0. The molecule has 0 N–H and O–H groups in total. The Morgan fingerprint density at radius 2 is 1.88 bits per heavy atom. The van der Waals surface area contributed by atoms with Gasteiger partial charge in [0.1, 0.15) is 0 Å². The molecule has 0 atom stereocenters. The molecule has 4 heteroatoms. The van der Waals surface area contributed by atoms with Gasteiger partial charge in [0.05, 0.1) is 5.56 Å². The van der Waals surface area contributed by atoms with Gasteiger partial charge in [-0.15, -0.1) is 0 Å². The van der Waals surface area contributed by atoms with E-state index in [1.165, 1.54) is 19.1 Å². The van der Waals surface area contributed by atoms with Crippen molar-refractivity contribution in [2.24, 2.45) is 5.92 Å². The van der Waals surface area contributed by atoms with Crippen molar-refractivity contribution in [2.45, 2.75) is 33.4 Å². The fraction of sp³-hybridized carbons (Fsp3) is 0.462. The number of ketones is 1. The minimum Gasteiger partial charge on any atom is -0.294 e. The number of rotatable bonds is 3. The van der Waals surface area contributed by atoms with Crippen LogP contribution in [0.3, 0.4) is 0 Å². The lowest BCUT2D eigenvalue weighted by atomic mass is 9.97. The SMILES string of the molecule is Cc1ccc(C(=O)CC(C)C)cc1C(F)(F)F. The van der Waals surface area contributed by atoms with E-state index in [-0.39, 0.29) is 29.2 Å². The molecule has 1 aromatic carbocycles. The normalized spacial score (nSPS) is 11.9. The third-order valence-corrected chi connectivity index (χ3v) is 2.46. The van der Waals surface area contributed by atoms with Crippen LogP contribution < -0.4 is 0 Å². The van der Waals surface area contributed by atoms with Gasteiger partial charge in [0.15, 0.2) is 5.78 Å². The molecule has 0 unspecified atom stereocenters. The molecule has 0 fully saturated rings. The van der Waals surface area contributed by atoms with Crippen LogP contribution in [0.2, 0.25) is 0 Å². The van der Waals surface area contributed by atoms with E-state index < -0.39 is 11.7 Å². The van der Waals surface area contributed by atoms with Crippen molar-refractivity contribution in [3.05, 3.63) is 34.9 Å². The molecule has 94 valence electrons. The van der Waals surface area contributed by atoms with Crippen LogP contribution in [-0.4, -0.2) is 5.78 Å². The number of carbonyl (C=O) groups is 1. The highest BCUT2D eigenvalue weighted by Crippen LogP contribution is 2.32. The van der Waals surface area contributed by atoms with Gasteiger partial charge in [-0.3, -0.25) is 4.79 Å². The summed E-state index contributed by atoms with van der Waals surface area (Å²) in [5.74, 6) is -0.108. The zero-order valence-corrected chi connectivity index (χ0v) is 10.1. The lowest BCUT2D eigenvalue weighted by Crippen LogP contribution is -2.10. The first-order valence-electron chi connectivity index (χ1n) is 5.43. The Morgan fingerprint density at radius 1 is 1.29 bits per heavy atom. The fourth-order valence-corrected chi connectivity index (χ4v) is 1.59. The molecule has 0 amide bonds. The maximum atomic E-state index is 12.6. The first-order valence-corrected chi connectivity index (χ1v) is 5.43. The van der Waals surface area contributed by atoms with Gasteiger partial charge in [-0.05, 0) is 24.5 Å². The number of benzene rings is 1. The molecule has 17 heavy (non-hydrogen) atoms. The summed E-state index contributed by atoms with van der Waals surface area (Å²) in [6.07, 6.45) is -4.14. The largest absolute Gasteiger partial charge is 0.416 e. The molecule has 1 nitrogen and oxygen atoms in total. The van der Waals surface area contributed by atoms with Gasteiger partial charge in [0, 0.05) is 12.0 Å². The van der Waals surface area contributed by atoms with Crippen molar-refractivity contribution in [3.63, 3.8) is 0 Å². The molecule has 0 bridgehead atoms. The summed E-state index contributed by atoms with van der Waals surface area (Å²) >= 11 is 0. The van der Waals surface area contributed by atoms with E-state index >= 15 is 0 Å². The summed E-state index contributed by atoms with van der Waals surface area (Å²) in [5, 5.41) is 0. The van der Waals surface area contributed by atoms with Crippen LogP contribution in [0, 0.1) is 12.8 Å². The van der Waals surface area contributed by atoms with Crippen LogP contribution in [0.15, 0.2) is 18.2 Å². The van der Waals surface area contributed by atoms with E-state index in [1.54, 1.807) is 0 Å². The van der Waals surface area contributed by atoms with Crippen molar-refractivity contribution in [1.29, 1.82) is 0 Å². The van der Waals surface area contributed by atoms with Crippen LogP contribution >= 0.6 is 0 Å². The monoisotopic (exact) mass is 244 g/mol. The average Bonchev–Trinajstić information content (AvgIpc) is 2.15. The van der Waals surface area contributed by atoms with E-state index in [1.807, 2.05) is 13.8 Å². The van der Waals surface area contributed by atoms with Gasteiger partial charge in [-0.1, -0.05) is 26.0 Å². The van der Waals surface area contributed by atoms with Gasteiger partial charge in [-0.2, -0.15) is 13.2 Å². The van der Waals surface area contributed by atoms with E-state index in [2.05, 4.69) is 0 Å². The standard InChI is InChI=1S/C13H15F3O/c1-8(2)6-12(17)10-5-4-9(3)11(7-10)13(14,15)16/h4-5,7-8H,6H2,1-3H3. The zero-order valence-electron chi connectivity index (χ0n) is 10.1. The molecular weight excluding hydrogens is 229 g/mol. The molecule has 0 saturated carbocycles. The molecule has 0 aromatic heterocycles. The summed E-state index contributed by atoms with van der Waals surface area (Å²) in [5.41, 5.74) is -0.456. The second kappa shape index (κ2) is 4.90. The molecule has 0 heterocycles. The van der Waals surface area contributed by atoms with Gasteiger partial charge in [0.2, 0.25) is 0 Å². The minimum atomic E-state index is -4.40. The second-order valence-corrected chi connectivity index (χ2v) is 4.55. The maximum Gasteiger partial charge on any atom is 0.416 e. The molecule has 0 aliphatic rings. The first kappa shape index (κ1) is 13.7. The van der Waals surface area contributed by atoms with Crippen molar-refractivity contribution >= 4 is 5.78 Å². The molecule has 0 aliphatic heterocycles. The third-order valence-electron chi connectivity index (χ3n) is 2.46. The summed E-state index contributed by atoms with van der Waals surface area (Å²) in [6, 6.07) is 3.74. The third kappa shape index (κ3) is 3.58. The van der Waals surface area contributed by atoms with Crippen LogP contribution in [0.25, 0.3) is 0 Å². The molecular formula is C13H15F3O. The van der Waals surface area contributed by atoms with Gasteiger partial charge >= 0.3 is 6.18 Å². The molecule has 1 rings (SSSR count). The number of halogens is 3. The Balaban J connectivity index is 3.09. The highest BCUT2D eigenvalue weighted by atomic mass is 19.4. The van der Waals surface area contributed by atoms with Crippen molar-refractivity contribution in [2.75, 3.05) is 0 Å². The number of carbonyl (C=O) groups excluding carboxylic acids is 1. The zero-order chi connectivity index (χ0) is 13.2. The molecule has 0 saturated heterocycles. The second-order valence-electron chi connectivity index (χ2n) is 4.55. The summed E-state index contributed by atoms with van der Waals surface area (Å²) < 4.78 is 37.9. The topological polar surface area (TPSA) is 17.1 Å². The smallest absolute Gasteiger partial charge is 0.294 e. The van der Waals surface area contributed by atoms with E-state index in [0.29, 0.717) is 0 Å². The Hall–Kier alpha value is -1.32. The summed E-state index contributed by atoms with van der Waals surface area (Å²) in [6.45, 7) is 5.10. The Morgan fingerprint density at radius 3 is 2.35 bits per heavy atom. The summed E-state index contributed by atoms with van der Waals surface area (Å²) in [4.78, 5) is 11.7. The fourth-order valence-electron chi connectivity index (χ4n) is 1.59. The number of alkyl halides is 3. The Bertz CT molecular complexity index is 419. The van der Waals surface area contributed by atoms with E-state index in [4.69, 9.17) is 0 Å². The number of aryl methyl sites for hydroxylation is 1. The van der Waals surface area contributed by atoms with Gasteiger partial charge < -0.3 is 0 Å². The Kier molecular flexibility index (Phi) is 3.96. The highest BCUT2D eigenvalue weighted by molar-refractivity contribution is 5.96. The van der Waals surface area contributed by atoms with Gasteiger partial charge in [-0.25, -0.2) is 0 Å². The molecule has 0 spiro atoms. The van der Waals surface area contributed by atoms with Crippen LogP contribution in [0.1, 0.15) is 41.8 Å². The summed E-state index contributed by atoms with van der Waals surface area (Å²) in [7, 11) is 0. The lowest BCUT2D eigenvalue weighted by molar-refractivity contribution is -0.138. The predicted octanol–water partition coefficient (Wildman–Crippen LogP) is 4.24. The average molecular weight is 244 g/mol. The van der Waals surface area contributed by atoms with Crippen molar-refractivity contribution in [1.82, 2.24) is 0 Å². The molecule has 0 radical (unpaired) electrons. The molecule has 1 aromatic rings. The number of Topliss-reactive ketones (excluding diaryl/α,β-unsaturated/α-hetero) is 1. The predicted molar refractivity (Wildman–Crippen MR) is 60.0 cm³/mol. The van der Waals surface area contributed by atoms with Crippen LogP contribution in [0.4, 0.5) is 13.2 Å². The first-order chi connectivity index (χ1) is 7.71. The number of hydrogen-bond acceptors (Lipinski definition) is 1. The van der Waals surface area contributed by atoms with Crippen LogP contribution in [0.5, 0.6) is 0 Å². The van der Waals surface area contributed by atoms with E-state index in [9.17, 15) is 18.0 Å². The Labute approximate surface area is 98.6 Å². The lowest BCUT2D eigenvalue weighted by Gasteiger charge is -2.12. The highest BCUT2D eigenvalue weighted by Gasteiger charge is 2.32. The van der Waals surface area contributed by atoms with Crippen molar-refractivity contribution < 1.29 is 18.0 Å².